The second kappa shape index (κ2) is 5.89. The molecule has 5 nitrogen and oxygen atoms in total. The summed E-state index contributed by atoms with van der Waals surface area (Å²) in [5.74, 6) is 0.0894. The minimum absolute atomic E-state index is 0.0894. The van der Waals surface area contributed by atoms with E-state index in [4.69, 9.17) is 5.26 Å². The fraction of sp³-hybridized carbons (Fsp3) is 0.571. The summed E-state index contributed by atoms with van der Waals surface area (Å²) < 4.78 is 1.88. The summed E-state index contributed by atoms with van der Waals surface area (Å²) >= 11 is 0. The second-order valence-corrected chi connectivity index (χ2v) is 5.03. The van der Waals surface area contributed by atoms with Crippen molar-refractivity contribution in [3.63, 3.8) is 0 Å². The van der Waals surface area contributed by atoms with Crippen molar-refractivity contribution in [2.24, 2.45) is 7.05 Å². The van der Waals surface area contributed by atoms with E-state index >= 15 is 0 Å². The Hall–Kier alpha value is -1.80. The molecule has 1 atom stereocenters. The van der Waals surface area contributed by atoms with E-state index in [9.17, 15) is 4.79 Å². The summed E-state index contributed by atoms with van der Waals surface area (Å²) in [7, 11) is 1.88. The van der Waals surface area contributed by atoms with E-state index in [1.165, 1.54) is 0 Å². The molecule has 1 fully saturated rings. The van der Waals surface area contributed by atoms with Crippen LogP contribution in [0.15, 0.2) is 6.07 Å². The number of carbonyl (C=O) groups excluding carboxylic acids is 1. The highest BCUT2D eigenvalue weighted by Crippen LogP contribution is 2.14. The number of carbonyl (C=O) groups is 1. The van der Waals surface area contributed by atoms with Gasteiger partial charge in [0.2, 0.25) is 5.91 Å². The predicted octanol–water partition coefficient (Wildman–Crippen LogP) is 0.963. The molecule has 2 N–H and O–H groups in total. The van der Waals surface area contributed by atoms with Gasteiger partial charge in [-0.2, -0.15) is 5.26 Å². The van der Waals surface area contributed by atoms with Crippen molar-refractivity contribution < 1.29 is 4.79 Å². The van der Waals surface area contributed by atoms with Crippen LogP contribution in [-0.4, -0.2) is 23.1 Å². The maximum absolute atomic E-state index is 11.8. The van der Waals surface area contributed by atoms with E-state index in [2.05, 4.69) is 16.7 Å². The Labute approximate surface area is 113 Å². The molecular weight excluding hydrogens is 240 g/mol. The van der Waals surface area contributed by atoms with E-state index in [1.54, 1.807) is 0 Å². The Balaban J connectivity index is 2.02. The zero-order valence-corrected chi connectivity index (χ0v) is 11.5. The van der Waals surface area contributed by atoms with Gasteiger partial charge in [0.05, 0.1) is 6.04 Å². The van der Waals surface area contributed by atoms with Gasteiger partial charge in [-0.1, -0.05) is 0 Å². The molecule has 5 heteroatoms. The van der Waals surface area contributed by atoms with E-state index in [0.717, 1.165) is 37.1 Å². The van der Waals surface area contributed by atoms with Gasteiger partial charge in [-0.25, -0.2) is 0 Å². The van der Waals surface area contributed by atoms with E-state index < -0.39 is 0 Å². The first-order valence-electron chi connectivity index (χ1n) is 6.70. The first-order chi connectivity index (χ1) is 9.13. The zero-order valence-electron chi connectivity index (χ0n) is 11.5. The Morgan fingerprint density at radius 3 is 3.05 bits per heavy atom. The third-order valence-corrected chi connectivity index (χ3v) is 3.83. The average molecular weight is 260 g/mol. The predicted molar refractivity (Wildman–Crippen MR) is 72.4 cm³/mol. The van der Waals surface area contributed by atoms with Gasteiger partial charge in [0.15, 0.2) is 0 Å². The summed E-state index contributed by atoms with van der Waals surface area (Å²) in [6.07, 6.45) is 2.99. The molecule has 0 aromatic carbocycles. The first-order valence-corrected chi connectivity index (χ1v) is 6.70. The van der Waals surface area contributed by atoms with Crippen LogP contribution < -0.4 is 10.6 Å². The molecule has 0 aliphatic carbocycles. The molecule has 0 unspecified atom stereocenters. The Kier molecular flexibility index (Phi) is 4.23. The van der Waals surface area contributed by atoms with Crippen LogP contribution in [0.3, 0.4) is 0 Å². The number of rotatable bonds is 3. The lowest BCUT2D eigenvalue weighted by Gasteiger charge is -2.15. The number of hydrogen-bond acceptors (Lipinski definition) is 3. The topological polar surface area (TPSA) is 69.8 Å². The largest absolute Gasteiger partial charge is 0.355 e. The van der Waals surface area contributed by atoms with Crippen LogP contribution in [0.4, 0.5) is 0 Å². The number of aromatic nitrogens is 1. The lowest BCUT2D eigenvalue weighted by Crippen LogP contribution is -2.42. The van der Waals surface area contributed by atoms with Crippen molar-refractivity contribution in [2.75, 3.05) is 6.54 Å². The summed E-state index contributed by atoms with van der Waals surface area (Å²) in [6.45, 7) is 3.39. The molecule has 19 heavy (non-hydrogen) atoms. The molecule has 1 saturated heterocycles. The Bertz CT molecular complexity index is 512. The summed E-state index contributed by atoms with van der Waals surface area (Å²) in [5.41, 5.74) is 2.80. The van der Waals surface area contributed by atoms with Crippen molar-refractivity contribution in [3.8, 4) is 6.07 Å². The lowest BCUT2D eigenvalue weighted by atomic mass is 10.1. The number of amides is 1. The summed E-state index contributed by atoms with van der Waals surface area (Å²) in [4.78, 5) is 11.8. The minimum atomic E-state index is -0.118. The van der Waals surface area contributed by atoms with Crippen LogP contribution in [0.1, 0.15) is 36.2 Å². The Morgan fingerprint density at radius 1 is 1.58 bits per heavy atom. The standard InChI is InChI=1S/C14H20N4O/c1-10-11(7-12(8-15)18(10)2)9-17-13-5-3-4-6-16-14(13)19/h7,13,17H,3-6,9H2,1-2H3,(H,16,19)/t13-/m1/s1. The molecule has 1 aliphatic rings. The van der Waals surface area contributed by atoms with E-state index in [-0.39, 0.29) is 11.9 Å². The van der Waals surface area contributed by atoms with Gasteiger partial charge in [-0.3, -0.25) is 4.79 Å². The van der Waals surface area contributed by atoms with E-state index in [0.29, 0.717) is 12.2 Å². The fourth-order valence-electron chi connectivity index (χ4n) is 2.42. The molecule has 1 aromatic heterocycles. The van der Waals surface area contributed by atoms with Gasteiger partial charge in [0, 0.05) is 25.8 Å². The van der Waals surface area contributed by atoms with Crippen LogP contribution in [0.5, 0.6) is 0 Å². The summed E-state index contributed by atoms with van der Waals surface area (Å²) in [6, 6.07) is 3.94. The van der Waals surface area contributed by atoms with Gasteiger partial charge in [-0.15, -0.1) is 0 Å². The smallest absolute Gasteiger partial charge is 0.237 e. The quantitative estimate of drug-likeness (QED) is 0.850. The van der Waals surface area contributed by atoms with Crippen LogP contribution in [0, 0.1) is 18.3 Å². The molecule has 102 valence electrons. The van der Waals surface area contributed by atoms with Crippen LogP contribution >= 0.6 is 0 Å². The maximum atomic E-state index is 11.8. The van der Waals surface area contributed by atoms with Gasteiger partial charge in [0.25, 0.3) is 0 Å². The number of nitriles is 1. The molecule has 1 amide bonds. The van der Waals surface area contributed by atoms with Crippen LogP contribution in [0.2, 0.25) is 0 Å². The monoisotopic (exact) mass is 260 g/mol. The number of nitrogens with zero attached hydrogens (tertiary/aromatic N) is 2. The van der Waals surface area contributed by atoms with Crippen LogP contribution in [-0.2, 0) is 18.4 Å². The van der Waals surface area contributed by atoms with Gasteiger partial charge >= 0.3 is 0 Å². The first kappa shape index (κ1) is 13.6. The van der Waals surface area contributed by atoms with Crippen molar-refractivity contribution in [3.05, 3.63) is 23.0 Å². The average Bonchev–Trinajstić information content (AvgIpc) is 2.57. The molecule has 0 spiro atoms. The molecule has 0 bridgehead atoms. The van der Waals surface area contributed by atoms with Gasteiger partial charge < -0.3 is 15.2 Å². The highest BCUT2D eigenvalue weighted by molar-refractivity contribution is 5.81. The van der Waals surface area contributed by atoms with Crippen molar-refractivity contribution in [1.82, 2.24) is 15.2 Å². The number of nitrogens with one attached hydrogen (secondary N) is 2. The van der Waals surface area contributed by atoms with Crippen molar-refractivity contribution in [1.29, 1.82) is 5.26 Å². The van der Waals surface area contributed by atoms with E-state index in [1.807, 2.05) is 24.6 Å². The fourth-order valence-corrected chi connectivity index (χ4v) is 2.42. The molecular formula is C14H20N4O. The minimum Gasteiger partial charge on any atom is -0.355 e. The normalized spacial score (nSPS) is 19.6. The molecule has 2 rings (SSSR count). The number of hydrogen-bond donors (Lipinski definition) is 2. The third-order valence-electron chi connectivity index (χ3n) is 3.83. The highest BCUT2D eigenvalue weighted by Gasteiger charge is 2.20. The second-order valence-electron chi connectivity index (χ2n) is 5.03. The Morgan fingerprint density at radius 2 is 2.37 bits per heavy atom. The van der Waals surface area contributed by atoms with Gasteiger partial charge in [-0.05, 0) is 37.8 Å². The zero-order chi connectivity index (χ0) is 13.8. The molecule has 0 saturated carbocycles. The molecule has 0 radical (unpaired) electrons. The van der Waals surface area contributed by atoms with Gasteiger partial charge in [0.1, 0.15) is 11.8 Å². The molecule has 1 aliphatic heterocycles. The lowest BCUT2D eigenvalue weighted by molar-refractivity contribution is -0.122. The van der Waals surface area contributed by atoms with Crippen LogP contribution in [0.25, 0.3) is 0 Å². The SMILES string of the molecule is Cc1c(CN[C@@H]2CCCCNC2=O)cc(C#N)n1C. The molecule has 1 aromatic rings. The molecule has 2 heterocycles. The highest BCUT2D eigenvalue weighted by atomic mass is 16.2. The summed E-state index contributed by atoms with van der Waals surface area (Å²) in [5, 5.41) is 15.2. The third kappa shape index (κ3) is 2.96. The van der Waals surface area contributed by atoms with Crippen molar-refractivity contribution >= 4 is 5.91 Å². The van der Waals surface area contributed by atoms with Crippen molar-refractivity contribution in [2.45, 2.75) is 38.8 Å². The maximum Gasteiger partial charge on any atom is 0.237 e.